The molecule has 2 aromatic carbocycles. The standard InChI is InChI=1S/C18H20FN/c1-12-8-9-17(19)16(10-12)18(20-2)15-11-14(15)13-6-4-3-5-7-13/h3-10,14-15,18,20H,11H2,1-2H3. The number of hydrogen-bond acceptors (Lipinski definition) is 1. The van der Waals surface area contributed by atoms with Gasteiger partial charge in [0, 0.05) is 11.6 Å². The molecule has 2 aromatic rings. The fraction of sp³-hybridized carbons (Fsp3) is 0.333. The normalized spacial score (nSPS) is 22.6. The maximum Gasteiger partial charge on any atom is 0.128 e. The third-order valence-electron chi connectivity index (χ3n) is 4.29. The Morgan fingerprint density at radius 2 is 1.90 bits per heavy atom. The summed E-state index contributed by atoms with van der Waals surface area (Å²) in [5.74, 6) is 0.931. The van der Waals surface area contributed by atoms with Crippen LogP contribution in [0.4, 0.5) is 4.39 Å². The number of aryl methyl sites for hydroxylation is 1. The molecule has 3 atom stereocenters. The highest BCUT2D eigenvalue weighted by Gasteiger charge is 2.44. The first-order chi connectivity index (χ1) is 9.70. The lowest BCUT2D eigenvalue weighted by Gasteiger charge is -2.18. The summed E-state index contributed by atoms with van der Waals surface area (Å²) >= 11 is 0. The van der Waals surface area contributed by atoms with E-state index < -0.39 is 0 Å². The predicted molar refractivity (Wildman–Crippen MR) is 80.2 cm³/mol. The molecule has 1 nitrogen and oxygen atoms in total. The van der Waals surface area contributed by atoms with Gasteiger partial charge in [0.05, 0.1) is 0 Å². The van der Waals surface area contributed by atoms with Crippen molar-refractivity contribution in [2.75, 3.05) is 7.05 Å². The van der Waals surface area contributed by atoms with Crippen LogP contribution in [0.15, 0.2) is 48.5 Å². The molecule has 1 aliphatic rings. The van der Waals surface area contributed by atoms with E-state index in [1.54, 1.807) is 6.07 Å². The number of hydrogen-bond donors (Lipinski definition) is 1. The summed E-state index contributed by atoms with van der Waals surface area (Å²) in [6.07, 6.45) is 1.13. The second-order valence-corrected chi connectivity index (χ2v) is 5.71. The van der Waals surface area contributed by atoms with Crippen molar-refractivity contribution in [2.45, 2.75) is 25.3 Å². The molecule has 3 rings (SSSR count). The average molecular weight is 269 g/mol. The molecular weight excluding hydrogens is 249 g/mol. The summed E-state index contributed by atoms with van der Waals surface area (Å²) in [5.41, 5.74) is 3.28. The van der Waals surface area contributed by atoms with Gasteiger partial charge < -0.3 is 5.32 Å². The van der Waals surface area contributed by atoms with Crippen LogP contribution in [0, 0.1) is 18.7 Å². The van der Waals surface area contributed by atoms with Crippen molar-refractivity contribution in [2.24, 2.45) is 5.92 Å². The van der Waals surface area contributed by atoms with Crippen LogP contribution in [-0.4, -0.2) is 7.05 Å². The van der Waals surface area contributed by atoms with Crippen LogP contribution in [0.1, 0.15) is 35.1 Å². The lowest BCUT2D eigenvalue weighted by molar-refractivity contribution is 0.484. The van der Waals surface area contributed by atoms with E-state index in [4.69, 9.17) is 0 Å². The number of nitrogens with one attached hydrogen (secondary N) is 1. The van der Waals surface area contributed by atoms with Gasteiger partial charge in [-0.1, -0.05) is 48.0 Å². The molecule has 20 heavy (non-hydrogen) atoms. The minimum absolute atomic E-state index is 0.0973. The topological polar surface area (TPSA) is 12.0 Å². The van der Waals surface area contributed by atoms with E-state index in [0.29, 0.717) is 11.8 Å². The van der Waals surface area contributed by atoms with E-state index in [2.05, 4.69) is 29.6 Å². The van der Waals surface area contributed by atoms with Crippen molar-refractivity contribution in [1.82, 2.24) is 5.32 Å². The molecule has 3 unspecified atom stereocenters. The van der Waals surface area contributed by atoms with Crippen LogP contribution in [0.25, 0.3) is 0 Å². The van der Waals surface area contributed by atoms with Crippen LogP contribution >= 0.6 is 0 Å². The summed E-state index contributed by atoms with van der Waals surface area (Å²) in [6.45, 7) is 2.01. The van der Waals surface area contributed by atoms with E-state index >= 15 is 0 Å². The molecule has 0 aromatic heterocycles. The van der Waals surface area contributed by atoms with Gasteiger partial charge in [-0.3, -0.25) is 0 Å². The van der Waals surface area contributed by atoms with Gasteiger partial charge in [0.15, 0.2) is 0 Å². The molecule has 0 aliphatic heterocycles. The molecule has 2 heteroatoms. The molecule has 1 fully saturated rings. The van der Waals surface area contributed by atoms with Crippen molar-refractivity contribution in [3.8, 4) is 0 Å². The molecule has 0 spiro atoms. The first-order valence-corrected chi connectivity index (χ1v) is 7.19. The van der Waals surface area contributed by atoms with Crippen LogP contribution in [0.3, 0.4) is 0 Å². The minimum Gasteiger partial charge on any atom is -0.313 e. The second-order valence-electron chi connectivity index (χ2n) is 5.71. The van der Waals surface area contributed by atoms with E-state index in [9.17, 15) is 4.39 Å². The smallest absolute Gasteiger partial charge is 0.128 e. The molecule has 0 bridgehead atoms. The van der Waals surface area contributed by atoms with Gasteiger partial charge in [0.25, 0.3) is 0 Å². The highest BCUT2D eigenvalue weighted by molar-refractivity contribution is 5.33. The Balaban J connectivity index is 1.84. The molecule has 0 saturated heterocycles. The first kappa shape index (κ1) is 13.3. The number of halogens is 1. The van der Waals surface area contributed by atoms with Gasteiger partial charge >= 0.3 is 0 Å². The van der Waals surface area contributed by atoms with Crippen LogP contribution in [0.2, 0.25) is 0 Å². The summed E-state index contributed by atoms with van der Waals surface area (Å²) in [5, 5.41) is 3.31. The monoisotopic (exact) mass is 269 g/mol. The van der Waals surface area contributed by atoms with Crippen molar-refractivity contribution >= 4 is 0 Å². The second kappa shape index (κ2) is 5.37. The SMILES string of the molecule is CNC(c1cc(C)ccc1F)C1CC1c1ccccc1. The molecule has 0 amide bonds. The van der Waals surface area contributed by atoms with Crippen molar-refractivity contribution in [1.29, 1.82) is 0 Å². The Morgan fingerprint density at radius 1 is 1.15 bits per heavy atom. The summed E-state index contributed by atoms with van der Waals surface area (Å²) in [4.78, 5) is 0. The highest BCUT2D eigenvalue weighted by atomic mass is 19.1. The summed E-state index contributed by atoms with van der Waals surface area (Å²) in [7, 11) is 1.92. The number of benzene rings is 2. The van der Waals surface area contributed by atoms with Crippen molar-refractivity contribution < 1.29 is 4.39 Å². The Labute approximate surface area is 119 Å². The third-order valence-corrected chi connectivity index (χ3v) is 4.29. The van der Waals surface area contributed by atoms with Gasteiger partial charge in [0.1, 0.15) is 5.82 Å². The molecule has 0 radical (unpaired) electrons. The van der Waals surface area contributed by atoms with Crippen LogP contribution in [0.5, 0.6) is 0 Å². The molecule has 0 heterocycles. The van der Waals surface area contributed by atoms with Gasteiger partial charge in [-0.15, -0.1) is 0 Å². The van der Waals surface area contributed by atoms with Gasteiger partial charge in [-0.25, -0.2) is 4.39 Å². The molecule has 104 valence electrons. The Kier molecular flexibility index (Phi) is 3.58. The lowest BCUT2D eigenvalue weighted by atomic mass is 9.97. The Bertz CT molecular complexity index is 594. The fourth-order valence-electron chi connectivity index (χ4n) is 3.17. The zero-order valence-electron chi connectivity index (χ0n) is 11.9. The first-order valence-electron chi connectivity index (χ1n) is 7.19. The lowest BCUT2D eigenvalue weighted by Crippen LogP contribution is -2.20. The van der Waals surface area contributed by atoms with Crippen molar-refractivity contribution in [3.63, 3.8) is 0 Å². The van der Waals surface area contributed by atoms with Gasteiger partial charge in [-0.2, -0.15) is 0 Å². The van der Waals surface area contributed by atoms with Crippen LogP contribution in [-0.2, 0) is 0 Å². The molecular formula is C18H20FN. The van der Waals surface area contributed by atoms with Gasteiger partial charge in [-0.05, 0) is 43.9 Å². The third kappa shape index (κ3) is 2.48. The highest BCUT2D eigenvalue weighted by Crippen LogP contribution is 2.54. The number of rotatable bonds is 4. The van der Waals surface area contributed by atoms with Gasteiger partial charge in [0.2, 0.25) is 0 Å². The maximum absolute atomic E-state index is 14.1. The quantitative estimate of drug-likeness (QED) is 0.877. The van der Waals surface area contributed by atoms with E-state index in [1.807, 2.05) is 32.2 Å². The Morgan fingerprint density at radius 3 is 2.60 bits per heavy atom. The van der Waals surface area contributed by atoms with Crippen LogP contribution < -0.4 is 5.32 Å². The zero-order valence-corrected chi connectivity index (χ0v) is 11.9. The van der Waals surface area contributed by atoms with E-state index in [1.165, 1.54) is 5.56 Å². The summed E-state index contributed by atoms with van der Waals surface area (Å²) < 4.78 is 14.1. The fourth-order valence-corrected chi connectivity index (χ4v) is 3.17. The minimum atomic E-state index is -0.103. The van der Waals surface area contributed by atoms with E-state index in [-0.39, 0.29) is 11.9 Å². The zero-order chi connectivity index (χ0) is 14.1. The molecule has 1 saturated carbocycles. The predicted octanol–water partition coefficient (Wildman–Crippen LogP) is 4.20. The maximum atomic E-state index is 14.1. The van der Waals surface area contributed by atoms with Crippen molar-refractivity contribution in [3.05, 3.63) is 71.0 Å². The molecule has 1 aliphatic carbocycles. The average Bonchev–Trinajstić information content (AvgIpc) is 3.25. The largest absolute Gasteiger partial charge is 0.313 e. The Hall–Kier alpha value is -1.67. The molecule has 1 N–H and O–H groups in total. The summed E-state index contributed by atoms with van der Waals surface area (Å²) in [6, 6.07) is 16.0. The van der Waals surface area contributed by atoms with E-state index in [0.717, 1.165) is 17.5 Å².